The van der Waals surface area contributed by atoms with Crippen LogP contribution < -0.4 is 0 Å². The van der Waals surface area contributed by atoms with Gasteiger partial charge >= 0.3 is 21.1 Å². The standard InChI is InChI=1S/C17H16F3O3S2.CHF3O3S/c1-24(2)16(14-11-7-4-8-12-14)15(13-9-5-3-6-10-13)23-25(21,22)17(18,19)20;2-1(3,4)8(5,6)7/h3-12H,1-2H3;(H,5,6,7)/q+1;/p-1/b16-15+;. The fourth-order valence-corrected chi connectivity index (χ4v) is 3.79. The van der Waals surface area contributed by atoms with E-state index >= 15 is 0 Å². The Hall–Kier alpha value is -2.23. The van der Waals surface area contributed by atoms with E-state index < -0.39 is 42.1 Å². The molecule has 0 atom stereocenters. The summed E-state index contributed by atoms with van der Waals surface area (Å²) in [7, 11) is -12.4. The SMILES string of the molecule is C[S+](C)/C(=C(/OS(=O)(=O)C(F)(F)F)c1ccccc1)c1ccccc1.O=S(=O)([O-])C(F)(F)F. The molecule has 184 valence electrons. The first-order valence-corrected chi connectivity index (χ1v) is 13.2. The Bertz CT molecular complexity index is 1160. The fraction of sp³-hybridized carbons (Fsp3) is 0.222. The Kier molecular flexibility index (Phi) is 9.42. The van der Waals surface area contributed by atoms with E-state index in [1.165, 1.54) is 12.1 Å². The van der Waals surface area contributed by atoms with Gasteiger partial charge in [-0.3, -0.25) is 0 Å². The normalized spacial score (nSPS) is 13.6. The van der Waals surface area contributed by atoms with Gasteiger partial charge in [0.25, 0.3) is 0 Å². The van der Waals surface area contributed by atoms with Crippen LogP contribution in [0.2, 0.25) is 0 Å². The molecule has 2 rings (SSSR count). The van der Waals surface area contributed by atoms with Gasteiger partial charge in [0.2, 0.25) is 10.7 Å². The van der Waals surface area contributed by atoms with Crippen molar-refractivity contribution in [1.82, 2.24) is 0 Å². The van der Waals surface area contributed by atoms with Crippen molar-refractivity contribution in [3.63, 3.8) is 0 Å². The van der Waals surface area contributed by atoms with E-state index in [1.807, 2.05) is 0 Å². The number of alkyl halides is 6. The van der Waals surface area contributed by atoms with E-state index in [1.54, 1.807) is 61.0 Å². The molecular weight excluding hydrogens is 522 g/mol. The van der Waals surface area contributed by atoms with Gasteiger partial charge in [-0.2, -0.15) is 34.8 Å². The molecule has 0 saturated carbocycles. The van der Waals surface area contributed by atoms with Crippen molar-refractivity contribution in [2.75, 3.05) is 12.5 Å². The summed E-state index contributed by atoms with van der Waals surface area (Å²) in [4.78, 5) is 0.402. The molecule has 2 aromatic carbocycles. The number of halogens is 6. The lowest BCUT2D eigenvalue weighted by atomic mass is 10.1. The zero-order valence-corrected chi connectivity index (χ0v) is 19.2. The Morgan fingerprint density at radius 1 is 0.758 bits per heavy atom. The first-order valence-electron chi connectivity index (χ1n) is 8.34. The van der Waals surface area contributed by atoms with Crippen molar-refractivity contribution >= 4 is 41.8 Å². The van der Waals surface area contributed by atoms with Crippen LogP contribution in [0.4, 0.5) is 26.3 Å². The molecule has 0 spiro atoms. The predicted octanol–water partition coefficient (Wildman–Crippen LogP) is 4.31. The van der Waals surface area contributed by atoms with Gasteiger partial charge in [0.05, 0.1) is 0 Å². The van der Waals surface area contributed by atoms with E-state index in [-0.39, 0.29) is 11.3 Å². The Balaban J connectivity index is 0.000000582. The summed E-state index contributed by atoms with van der Waals surface area (Å²) in [5.41, 5.74) is -10.3. The Labute approximate surface area is 189 Å². The molecular formula is C18H16F6O6S3. The van der Waals surface area contributed by atoms with Crippen LogP contribution in [-0.4, -0.2) is 44.9 Å². The highest BCUT2D eigenvalue weighted by molar-refractivity contribution is 8.04. The van der Waals surface area contributed by atoms with E-state index in [0.29, 0.717) is 10.5 Å². The maximum atomic E-state index is 12.8. The molecule has 0 aliphatic carbocycles. The maximum Gasteiger partial charge on any atom is 0.534 e. The van der Waals surface area contributed by atoms with Crippen LogP contribution in [0.5, 0.6) is 0 Å². The Morgan fingerprint density at radius 3 is 1.42 bits per heavy atom. The summed E-state index contributed by atoms with van der Waals surface area (Å²) in [5.74, 6) is -0.308. The van der Waals surface area contributed by atoms with Crippen LogP contribution in [0.15, 0.2) is 60.7 Å². The third kappa shape index (κ3) is 8.24. The van der Waals surface area contributed by atoms with Gasteiger partial charge in [-0.05, 0) is 12.1 Å². The van der Waals surface area contributed by atoms with Gasteiger partial charge in [0.15, 0.2) is 10.1 Å². The fourth-order valence-electron chi connectivity index (χ4n) is 2.11. The van der Waals surface area contributed by atoms with Crippen LogP contribution in [0.25, 0.3) is 10.7 Å². The summed E-state index contributed by atoms with van der Waals surface area (Å²) < 4.78 is 125. The molecule has 0 saturated heterocycles. The van der Waals surface area contributed by atoms with Crippen molar-refractivity contribution in [3.8, 4) is 0 Å². The number of hydrogen-bond donors (Lipinski definition) is 0. The topological polar surface area (TPSA) is 101 Å². The minimum Gasteiger partial charge on any atom is -0.741 e. The van der Waals surface area contributed by atoms with Gasteiger partial charge in [0.1, 0.15) is 12.5 Å². The van der Waals surface area contributed by atoms with E-state index in [4.69, 9.17) is 13.0 Å². The second-order valence-corrected chi connectivity index (χ2v) is 11.0. The second kappa shape index (κ2) is 10.8. The number of benzene rings is 2. The number of hydrogen-bond acceptors (Lipinski definition) is 6. The molecule has 2 aromatic rings. The van der Waals surface area contributed by atoms with Gasteiger partial charge in [0, 0.05) is 22.0 Å². The van der Waals surface area contributed by atoms with Crippen LogP contribution in [0.3, 0.4) is 0 Å². The summed E-state index contributed by atoms with van der Waals surface area (Å²) in [6.45, 7) is 0. The lowest BCUT2D eigenvalue weighted by Gasteiger charge is -2.15. The molecule has 0 N–H and O–H groups in total. The van der Waals surface area contributed by atoms with E-state index in [2.05, 4.69) is 4.18 Å². The summed E-state index contributed by atoms with van der Waals surface area (Å²) >= 11 is 0. The lowest BCUT2D eigenvalue weighted by Crippen LogP contribution is -2.25. The highest BCUT2D eigenvalue weighted by Crippen LogP contribution is 2.36. The molecule has 0 amide bonds. The van der Waals surface area contributed by atoms with Crippen molar-refractivity contribution in [2.24, 2.45) is 0 Å². The highest BCUT2D eigenvalue weighted by Gasteiger charge is 2.49. The van der Waals surface area contributed by atoms with Crippen LogP contribution in [-0.2, 0) is 35.3 Å². The van der Waals surface area contributed by atoms with Crippen LogP contribution >= 0.6 is 0 Å². The van der Waals surface area contributed by atoms with Crippen molar-refractivity contribution in [1.29, 1.82) is 0 Å². The smallest absolute Gasteiger partial charge is 0.534 e. The monoisotopic (exact) mass is 538 g/mol. The van der Waals surface area contributed by atoms with E-state index in [0.717, 1.165) is 0 Å². The molecule has 0 radical (unpaired) electrons. The largest absolute Gasteiger partial charge is 0.741 e. The first kappa shape index (κ1) is 28.8. The zero-order valence-electron chi connectivity index (χ0n) is 16.7. The molecule has 0 unspecified atom stereocenters. The minimum atomic E-state index is -6.09. The zero-order chi connectivity index (χ0) is 25.7. The van der Waals surface area contributed by atoms with Crippen LogP contribution in [0.1, 0.15) is 11.1 Å². The van der Waals surface area contributed by atoms with Crippen molar-refractivity contribution < 1.29 is 51.9 Å². The first-order chi connectivity index (χ1) is 14.9. The van der Waals surface area contributed by atoms with Crippen molar-refractivity contribution in [3.05, 3.63) is 71.8 Å². The second-order valence-electron chi connectivity index (χ2n) is 6.09. The molecule has 33 heavy (non-hydrogen) atoms. The highest BCUT2D eigenvalue weighted by atomic mass is 32.2. The summed E-state index contributed by atoms with van der Waals surface area (Å²) in [6, 6.07) is 16.5. The van der Waals surface area contributed by atoms with E-state index in [9.17, 15) is 34.8 Å². The molecule has 0 aliphatic rings. The predicted molar refractivity (Wildman–Crippen MR) is 111 cm³/mol. The molecule has 0 fully saturated rings. The van der Waals surface area contributed by atoms with Gasteiger partial charge in [-0.15, -0.1) is 0 Å². The van der Waals surface area contributed by atoms with Gasteiger partial charge in [-0.25, -0.2) is 8.42 Å². The molecule has 0 bridgehead atoms. The average Bonchev–Trinajstić information content (AvgIpc) is 2.66. The quantitative estimate of drug-likeness (QED) is 0.107. The third-order valence-corrected chi connectivity index (χ3v) is 6.20. The summed E-state index contributed by atoms with van der Waals surface area (Å²) in [5, 5.41) is 0. The maximum absolute atomic E-state index is 12.8. The molecule has 0 aliphatic heterocycles. The van der Waals surface area contributed by atoms with Gasteiger partial charge in [-0.1, -0.05) is 48.5 Å². The van der Waals surface area contributed by atoms with Gasteiger partial charge < -0.3 is 8.74 Å². The minimum absolute atomic E-state index is 0.260. The molecule has 0 heterocycles. The average molecular weight is 539 g/mol. The van der Waals surface area contributed by atoms with Crippen LogP contribution in [0, 0.1) is 0 Å². The summed E-state index contributed by atoms with van der Waals surface area (Å²) in [6.07, 6.45) is 3.57. The Morgan fingerprint density at radius 2 is 1.12 bits per heavy atom. The third-order valence-electron chi connectivity index (χ3n) is 3.45. The molecule has 6 nitrogen and oxygen atoms in total. The molecule has 15 heteroatoms. The molecule has 0 aromatic heterocycles. The van der Waals surface area contributed by atoms with Crippen molar-refractivity contribution in [2.45, 2.75) is 11.0 Å². The number of rotatable bonds is 5. The lowest BCUT2D eigenvalue weighted by molar-refractivity contribution is -0.0519.